The Bertz CT molecular complexity index is 506. The van der Waals surface area contributed by atoms with Crippen LogP contribution in [-0.2, 0) is 14.3 Å². The van der Waals surface area contributed by atoms with E-state index in [4.69, 9.17) is 19.5 Å². The second-order valence-electron chi connectivity index (χ2n) is 3.80. The summed E-state index contributed by atoms with van der Waals surface area (Å²) in [6, 6.07) is 7.15. The fourth-order valence-corrected chi connectivity index (χ4v) is 1.75. The van der Waals surface area contributed by atoms with Crippen molar-refractivity contribution < 1.29 is 19.0 Å². The summed E-state index contributed by atoms with van der Waals surface area (Å²) in [6.45, 7) is 2.09. The fraction of sp³-hybridized carbons (Fsp3) is 0.385. The highest BCUT2D eigenvalue weighted by molar-refractivity contribution is 5.78. The van der Waals surface area contributed by atoms with Gasteiger partial charge in [-0.2, -0.15) is 5.26 Å². The van der Waals surface area contributed by atoms with Crippen LogP contribution in [-0.4, -0.2) is 25.8 Å². The summed E-state index contributed by atoms with van der Waals surface area (Å²) in [5.41, 5.74) is 1.26. The van der Waals surface area contributed by atoms with Crippen LogP contribution in [0.3, 0.4) is 0 Å². The number of methoxy groups -OCH3 is 1. The minimum Gasteiger partial charge on any atom is -0.495 e. The van der Waals surface area contributed by atoms with Crippen molar-refractivity contribution in [2.75, 3.05) is 13.7 Å². The molecule has 0 N–H and O–H groups in total. The Labute approximate surface area is 105 Å². The van der Waals surface area contributed by atoms with Crippen molar-refractivity contribution in [1.29, 1.82) is 5.26 Å². The number of nitriles is 1. The molecule has 1 saturated heterocycles. The molecule has 94 valence electrons. The molecule has 1 aromatic carbocycles. The van der Waals surface area contributed by atoms with Crippen molar-refractivity contribution in [3.63, 3.8) is 0 Å². The van der Waals surface area contributed by atoms with Gasteiger partial charge in [0.15, 0.2) is 6.10 Å². The number of epoxide rings is 1. The third kappa shape index (κ3) is 2.29. The maximum atomic E-state index is 11.4. The van der Waals surface area contributed by atoms with E-state index < -0.39 is 6.10 Å². The first-order valence-corrected chi connectivity index (χ1v) is 5.61. The van der Waals surface area contributed by atoms with Gasteiger partial charge in [-0.1, -0.05) is 6.07 Å². The molecule has 0 unspecified atom stereocenters. The average Bonchev–Trinajstić information content (AvgIpc) is 3.18. The Morgan fingerprint density at radius 1 is 1.56 bits per heavy atom. The monoisotopic (exact) mass is 247 g/mol. The molecule has 1 fully saturated rings. The van der Waals surface area contributed by atoms with Gasteiger partial charge in [0.05, 0.1) is 19.3 Å². The quantitative estimate of drug-likeness (QED) is 0.596. The summed E-state index contributed by atoms with van der Waals surface area (Å²) in [5, 5.41) is 8.87. The number of ether oxygens (including phenoxy) is 3. The first-order chi connectivity index (χ1) is 8.71. The van der Waals surface area contributed by atoms with Gasteiger partial charge in [0, 0.05) is 0 Å². The molecule has 0 aromatic heterocycles. The lowest BCUT2D eigenvalue weighted by Gasteiger charge is -2.04. The molecule has 1 aliphatic rings. The van der Waals surface area contributed by atoms with Crippen LogP contribution in [0.15, 0.2) is 18.2 Å². The van der Waals surface area contributed by atoms with E-state index in [1.807, 2.05) is 6.07 Å². The lowest BCUT2D eigenvalue weighted by atomic mass is 10.1. The molecule has 0 spiro atoms. The zero-order chi connectivity index (χ0) is 13.1. The maximum Gasteiger partial charge on any atom is 0.338 e. The Morgan fingerprint density at radius 2 is 2.33 bits per heavy atom. The van der Waals surface area contributed by atoms with Crippen molar-refractivity contribution in [1.82, 2.24) is 0 Å². The number of nitrogens with zero attached hydrogens (tertiary/aromatic N) is 1. The Kier molecular flexibility index (Phi) is 3.49. The van der Waals surface area contributed by atoms with Crippen LogP contribution in [0.4, 0.5) is 0 Å². The zero-order valence-corrected chi connectivity index (χ0v) is 10.2. The molecule has 1 heterocycles. The highest BCUT2D eigenvalue weighted by Crippen LogP contribution is 2.41. The van der Waals surface area contributed by atoms with Crippen LogP contribution < -0.4 is 4.74 Å². The molecule has 5 nitrogen and oxygen atoms in total. The molecule has 2 atom stereocenters. The predicted molar refractivity (Wildman–Crippen MR) is 62.0 cm³/mol. The molecule has 18 heavy (non-hydrogen) atoms. The van der Waals surface area contributed by atoms with Gasteiger partial charge in [-0.15, -0.1) is 0 Å². The molecule has 0 amide bonds. The van der Waals surface area contributed by atoms with E-state index in [9.17, 15) is 4.79 Å². The zero-order valence-electron chi connectivity index (χ0n) is 10.2. The minimum atomic E-state index is -0.539. The van der Waals surface area contributed by atoms with Crippen LogP contribution in [0.5, 0.6) is 5.75 Å². The Morgan fingerprint density at radius 3 is 2.94 bits per heavy atom. The van der Waals surface area contributed by atoms with Crippen molar-refractivity contribution in [3.8, 4) is 11.8 Å². The third-order valence-corrected chi connectivity index (χ3v) is 2.69. The van der Waals surface area contributed by atoms with Gasteiger partial charge < -0.3 is 14.2 Å². The van der Waals surface area contributed by atoms with Crippen LogP contribution in [0, 0.1) is 11.3 Å². The molecular weight excluding hydrogens is 234 g/mol. The highest BCUT2D eigenvalue weighted by Gasteiger charge is 2.47. The Hall–Kier alpha value is -2.06. The van der Waals surface area contributed by atoms with Gasteiger partial charge in [-0.3, -0.25) is 0 Å². The van der Waals surface area contributed by atoms with E-state index in [2.05, 4.69) is 0 Å². The lowest BCUT2D eigenvalue weighted by molar-refractivity contribution is -0.144. The standard InChI is InChI=1S/C13H13NO4/c1-3-17-13(15)12-11(18-12)8-4-5-9(7-14)10(6-8)16-2/h4-6,11-12H,3H2,1-2H3/t11-,12+/m1/s1. The maximum absolute atomic E-state index is 11.4. The Balaban J connectivity index is 2.13. The van der Waals surface area contributed by atoms with Gasteiger partial charge >= 0.3 is 5.97 Å². The number of hydrogen-bond acceptors (Lipinski definition) is 5. The summed E-state index contributed by atoms with van der Waals surface area (Å²) in [5.74, 6) is 0.124. The summed E-state index contributed by atoms with van der Waals surface area (Å²) >= 11 is 0. The van der Waals surface area contributed by atoms with E-state index in [0.717, 1.165) is 5.56 Å². The number of rotatable bonds is 4. The van der Waals surface area contributed by atoms with Crippen molar-refractivity contribution in [3.05, 3.63) is 29.3 Å². The SMILES string of the molecule is CCOC(=O)[C@H]1O[C@@H]1c1ccc(C#N)c(OC)c1. The molecule has 5 heteroatoms. The molecule has 0 saturated carbocycles. The number of carbonyl (C=O) groups excluding carboxylic acids is 1. The van der Waals surface area contributed by atoms with Gasteiger partial charge in [0.1, 0.15) is 17.9 Å². The second kappa shape index (κ2) is 5.07. The topological polar surface area (TPSA) is 71.8 Å². The fourth-order valence-electron chi connectivity index (χ4n) is 1.75. The van der Waals surface area contributed by atoms with Gasteiger partial charge in [-0.05, 0) is 24.6 Å². The molecule has 0 bridgehead atoms. The van der Waals surface area contributed by atoms with Gasteiger partial charge in [0.25, 0.3) is 0 Å². The van der Waals surface area contributed by atoms with Crippen LogP contribution in [0.1, 0.15) is 24.2 Å². The number of benzene rings is 1. The molecule has 1 aromatic rings. The molecule has 0 radical (unpaired) electrons. The summed E-state index contributed by atoms with van der Waals surface area (Å²) in [6.07, 6.45) is -0.840. The van der Waals surface area contributed by atoms with E-state index in [0.29, 0.717) is 17.9 Å². The van der Waals surface area contributed by atoms with E-state index >= 15 is 0 Å². The summed E-state index contributed by atoms with van der Waals surface area (Å²) in [7, 11) is 1.50. The van der Waals surface area contributed by atoms with Crippen molar-refractivity contribution in [2.24, 2.45) is 0 Å². The van der Waals surface area contributed by atoms with Crippen LogP contribution in [0.2, 0.25) is 0 Å². The number of esters is 1. The normalized spacial score (nSPS) is 20.9. The second-order valence-corrected chi connectivity index (χ2v) is 3.80. The van der Waals surface area contributed by atoms with Crippen molar-refractivity contribution in [2.45, 2.75) is 19.1 Å². The minimum absolute atomic E-state index is 0.300. The van der Waals surface area contributed by atoms with Gasteiger partial charge in [-0.25, -0.2) is 4.79 Å². The van der Waals surface area contributed by atoms with Crippen LogP contribution >= 0.6 is 0 Å². The average molecular weight is 247 g/mol. The first-order valence-electron chi connectivity index (χ1n) is 5.61. The number of carbonyl (C=O) groups is 1. The predicted octanol–water partition coefficient (Wildman–Crippen LogP) is 1.57. The smallest absolute Gasteiger partial charge is 0.338 e. The van der Waals surface area contributed by atoms with E-state index in [1.165, 1.54) is 7.11 Å². The summed E-state index contributed by atoms with van der Waals surface area (Å²) in [4.78, 5) is 11.4. The first kappa shape index (κ1) is 12.4. The van der Waals surface area contributed by atoms with E-state index in [-0.39, 0.29) is 12.1 Å². The third-order valence-electron chi connectivity index (χ3n) is 2.69. The van der Waals surface area contributed by atoms with E-state index in [1.54, 1.807) is 25.1 Å². The van der Waals surface area contributed by atoms with Crippen LogP contribution in [0.25, 0.3) is 0 Å². The van der Waals surface area contributed by atoms with Crippen molar-refractivity contribution >= 4 is 5.97 Å². The highest BCUT2D eigenvalue weighted by atomic mass is 16.6. The molecular formula is C13H13NO4. The number of hydrogen-bond donors (Lipinski definition) is 0. The molecule has 2 rings (SSSR count). The van der Waals surface area contributed by atoms with Gasteiger partial charge in [0.2, 0.25) is 0 Å². The molecule has 0 aliphatic carbocycles. The lowest BCUT2D eigenvalue weighted by Crippen LogP contribution is -2.11. The summed E-state index contributed by atoms with van der Waals surface area (Å²) < 4.78 is 15.3. The molecule has 1 aliphatic heterocycles. The largest absolute Gasteiger partial charge is 0.495 e.